The summed E-state index contributed by atoms with van der Waals surface area (Å²) in [6.07, 6.45) is 5.91. The topological polar surface area (TPSA) is 44.5 Å². The zero-order valence-corrected chi connectivity index (χ0v) is 11.7. The number of hydrogen-bond donors (Lipinski definition) is 1. The summed E-state index contributed by atoms with van der Waals surface area (Å²) in [6.45, 7) is 4.32. The molecule has 2 aliphatic rings. The molecule has 104 valence electrons. The van der Waals surface area contributed by atoms with Crippen molar-refractivity contribution >= 4 is 0 Å². The van der Waals surface area contributed by atoms with Gasteiger partial charge in [-0.05, 0) is 37.0 Å². The normalized spacial score (nSPS) is 21.2. The molecule has 0 aromatic heterocycles. The highest BCUT2D eigenvalue weighted by atomic mass is 16.5. The van der Waals surface area contributed by atoms with E-state index >= 15 is 0 Å². The molecular weight excluding hydrogens is 238 g/mol. The Morgan fingerprint density at radius 3 is 2.58 bits per heavy atom. The van der Waals surface area contributed by atoms with Gasteiger partial charge in [-0.15, -0.1) is 0 Å². The highest BCUT2D eigenvalue weighted by Crippen LogP contribution is 2.44. The number of fused-ring (bicyclic) bond motifs is 1. The van der Waals surface area contributed by atoms with Crippen LogP contribution in [0, 0.1) is 6.92 Å². The Kier molecular flexibility index (Phi) is 3.40. The fourth-order valence-electron chi connectivity index (χ4n) is 3.42. The second kappa shape index (κ2) is 5.04. The standard InChI is InChI=1S/C16H23NO2/c1-12-9-13(16(11-17)5-2-3-6-16)10-14-15(12)19-8-4-7-18-14/h9-10H,2-8,11,17H2,1H3. The SMILES string of the molecule is Cc1cc(C2(CN)CCCC2)cc2c1OCCCO2. The summed E-state index contributed by atoms with van der Waals surface area (Å²) in [5, 5.41) is 0. The third-order valence-electron chi connectivity index (χ3n) is 4.60. The lowest BCUT2D eigenvalue weighted by Gasteiger charge is -2.29. The lowest BCUT2D eigenvalue weighted by molar-refractivity contribution is 0.296. The molecule has 0 bridgehead atoms. The van der Waals surface area contributed by atoms with E-state index in [1.165, 1.54) is 36.8 Å². The second-order valence-electron chi connectivity index (χ2n) is 5.86. The Morgan fingerprint density at radius 1 is 1.11 bits per heavy atom. The first-order valence-electron chi connectivity index (χ1n) is 7.36. The number of benzene rings is 1. The molecule has 2 N–H and O–H groups in total. The maximum absolute atomic E-state index is 6.09. The summed E-state index contributed by atoms with van der Waals surface area (Å²) >= 11 is 0. The van der Waals surface area contributed by atoms with Gasteiger partial charge >= 0.3 is 0 Å². The minimum Gasteiger partial charge on any atom is -0.490 e. The van der Waals surface area contributed by atoms with Crippen LogP contribution >= 0.6 is 0 Å². The molecule has 0 radical (unpaired) electrons. The quantitative estimate of drug-likeness (QED) is 0.890. The van der Waals surface area contributed by atoms with E-state index in [0.29, 0.717) is 0 Å². The molecule has 19 heavy (non-hydrogen) atoms. The van der Waals surface area contributed by atoms with Crippen LogP contribution in [-0.4, -0.2) is 19.8 Å². The van der Waals surface area contributed by atoms with E-state index in [0.717, 1.165) is 37.7 Å². The maximum Gasteiger partial charge on any atom is 0.164 e. The molecule has 0 atom stereocenters. The molecule has 1 fully saturated rings. The Labute approximate surface area is 115 Å². The molecule has 1 aromatic carbocycles. The van der Waals surface area contributed by atoms with Crippen molar-refractivity contribution in [2.45, 2.75) is 44.4 Å². The van der Waals surface area contributed by atoms with E-state index in [1.54, 1.807) is 0 Å². The molecule has 0 saturated heterocycles. The van der Waals surface area contributed by atoms with Crippen molar-refractivity contribution in [3.05, 3.63) is 23.3 Å². The van der Waals surface area contributed by atoms with E-state index < -0.39 is 0 Å². The maximum atomic E-state index is 6.09. The van der Waals surface area contributed by atoms with Crippen molar-refractivity contribution < 1.29 is 9.47 Å². The lowest BCUT2D eigenvalue weighted by atomic mass is 9.78. The Bertz CT molecular complexity index is 464. The smallest absolute Gasteiger partial charge is 0.164 e. The first kappa shape index (κ1) is 12.8. The first-order valence-corrected chi connectivity index (χ1v) is 7.36. The van der Waals surface area contributed by atoms with E-state index in [-0.39, 0.29) is 5.41 Å². The number of nitrogens with two attached hydrogens (primary N) is 1. The fourth-order valence-corrected chi connectivity index (χ4v) is 3.42. The predicted molar refractivity (Wildman–Crippen MR) is 76.0 cm³/mol. The fraction of sp³-hybridized carbons (Fsp3) is 0.625. The molecule has 1 aromatic rings. The molecule has 3 nitrogen and oxygen atoms in total. The van der Waals surface area contributed by atoms with Crippen LogP contribution in [0.1, 0.15) is 43.2 Å². The van der Waals surface area contributed by atoms with Gasteiger partial charge in [-0.3, -0.25) is 0 Å². The van der Waals surface area contributed by atoms with Crippen LogP contribution in [0.4, 0.5) is 0 Å². The van der Waals surface area contributed by atoms with Crippen molar-refractivity contribution in [2.75, 3.05) is 19.8 Å². The van der Waals surface area contributed by atoms with Gasteiger partial charge in [0.1, 0.15) is 0 Å². The molecule has 1 aliphatic carbocycles. The number of rotatable bonds is 2. The van der Waals surface area contributed by atoms with Crippen LogP contribution in [0.15, 0.2) is 12.1 Å². The summed E-state index contributed by atoms with van der Waals surface area (Å²) in [4.78, 5) is 0. The molecular formula is C16H23NO2. The van der Waals surface area contributed by atoms with Gasteiger partial charge in [-0.1, -0.05) is 18.9 Å². The lowest BCUT2D eigenvalue weighted by Crippen LogP contribution is -2.32. The van der Waals surface area contributed by atoms with Crippen molar-refractivity contribution in [3.63, 3.8) is 0 Å². The monoisotopic (exact) mass is 261 g/mol. The minimum absolute atomic E-state index is 0.162. The third kappa shape index (κ3) is 2.20. The van der Waals surface area contributed by atoms with Crippen LogP contribution in [0.3, 0.4) is 0 Å². The van der Waals surface area contributed by atoms with E-state index in [1.807, 2.05) is 0 Å². The summed E-state index contributed by atoms with van der Waals surface area (Å²) < 4.78 is 11.7. The van der Waals surface area contributed by atoms with E-state index in [9.17, 15) is 0 Å². The van der Waals surface area contributed by atoms with Crippen LogP contribution < -0.4 is 15.2 Å². The molecule has 0 amide bonds. The van der Waals surface area contributed by atoms with Gasteiger partial charge in [-0.25, -0.2) is 0 Å². The summed E-state index contributed by atoms with van der Waals surface area (Å²) in [7, 11) is 0. The van der Waals surface area contributed by atoms with E-state index in [4.69, 9.17) is 15.2 Å². The van der Waals surface area contributed by atoms with Gasteiger partial charge in [0.15, 0.2) is 11.5 Å². The summed E-state index contributed by atoms with van der Waals surface area (Å²) in [6, 6.07) is 4.43. The summed E-state index contributed by atoms with van der Waals surface area (Å²) in [5.41, 5.74) is 8.76. The number of hydrogen-bond acceptors (Lipinski definition) is 3. The minimum atomic E-state index is 0.162. The average molecular weight is 261 g/mol. The van der Waals surface area contributed by atoms with Crippen molar-refractivity contribution in [2.24, 2.45) is 5.73 Å². The number of ether oxygens (including phenoxy) is 2. The van der Waals surface area contributed by atoms with Gasteiger partial charge in [0.2, 0.25) is 0 Å². The average Bonchev–Trinajstić information content (AvgIpc) is 2.78. The predicted octanol–water partition coefficient (Wildman–Crippen LogP) is 2.93. The first-order chi connectivity index (χ1) is 9.25. The Morgan fingerprint density at radius 2 is 1.84 bits per heavy atom. The molecule has 3 heteroatoms. The van der Waals surface area contributed by atoms with E-state index in [2.05, 4.69) is 19.1 Å². The Hall–Kier alpha value is -1.22. The molecule has 0 spiro atoms. The van der Waals surface area contributed by atoms with Gasteiger partial charge < -0.3 is 15.2 Å². The highest BCUT2D eigenvalue weighted by Gasteiger charge is 2.35. The molecule has 1 aliphatic heterocycles. The molecule has 3 rings (SSSR count). The second-order valence-corrected chi connectivity index (χ2v) is 5.86. The zero-order chi connectivity index (χ0) is 13.3. The van der Waals surface area contributed by atoms with Crippen molar-refractivity contribution in [3.8, 4) is 11.5 Å². The molecule has 1 saturated carbocycles. The van der Waals surface area contributed by atoms with Crippen LogP contribution in [-0.2, 0) is 5.41 Å². The summed E-state index contributed by atoms with van der Waals surface area (Å²) in [5.74, 6) is 1.83. The zero-order valence-electron chi connectivity index (χ0n) is 11.7. The van der Waals surface area contributed by atoms with Crippen LogP contribution in [0.25, 0.3) is 0 Å². The van der Waals surface area contributed by atoms with Crippen molar-refractivity contribution in [1.82, 2.24) is 0 Å². The van der Waals surface area contributed by atoms with Gasteiger partial charge in [0.05, 0.1) is 13.2 Å². The van der Waals surface area contributed by atoms with Gasteiger partial charge in [0, 0.05) is 18.4 Å². The highest BCUT2D eigenvalue weighted by molar-refractivity contribution is 5.51. The largest absolute Gasteiger partial charge is 0.490 e. The molecule has 1 heterocycles. The van der Waals surface area contributed by atoms with Crippen LogP contribution in [0.2, 0.25) is 0 Å². The Balaban J connectivity index is 2.03. The van der Waals surface area contributed by atoms with Crippen molar-refractivity contribution in [1.29, 1.82) is 0 Å². The van der Waals surface area contributed by atoms with Crippen LogP contribution in [0.5, 0.6) is 11.5 Å². The van der Waals surface area contributed by atoms with Gasteiger partial charge in [-0.2, -0.15) is 0 Å². The number of aryl methyl sites for hydroxylation is 1. The third-order valence-corrected chi connectivity index (χ3v) is 4.60. The van der Waals surface area contributed by atoms with Gasteiger partial charge in [0.25, 0.3) is 0 Å². The molecule has 0 unspecified atom stereocenters.